The summed E-state index contributed by atoms with van der Waals surface area (Å²) in [7, 11) is -2.51. The van der Waals surface area contributed by atoms with E-state index >= 15 is 0 Å². The van der Waals surface area contributed by atoms with Gasteiger partial charge in [-0.15, -0.1) is 0 Å². The number of aromatic nitrogens is 2. The molecule has 3 aromatic rings. The summed E-state index contributed by atoms with van der Waals surface area (Å²) in [4.78, 5) is 36.3. The van der Waals surface area contributed by atoms with E-state index in [1.807, 2.05) is 6.07 Å². The van der Waals surface area contributed by atoms with Gasteiger partial charge in [-0.25, -0.2) is 13.1 Å². The summed E-state index contributed by atoms with van der Waals surface area (Å²) in [6.07, 6.45) is -0.364. The molecule has 0 fully saturated rings. The van der Waals surface area contributed by atoms with Crippen LogP contribution in [0.2, 0.25) is 0 Å². The van der Waals surface area contributed by atoms with Crippen LogP contribution in [0.25, 0.3) is 5.69 Å². The number of hydrogen-bond donors (Lipinski definition) is 3. The van der Waals surface area contributed by atoms with E-state index in [0.717, 1.165) is 0 Å². The molecule has 1 aliphatic heterocycles. The van der Waals surface area contributed by atoms with Crippen LogP contribution in [0.4, 0.5) is 17.1 Å². The van der Waals surface area contributed by atoms with E-state index in [-0.39, 0.29) is 28.4 Å². The first-order valence-electron chi connectivity index (χ1n) is 9.28. The number of hydrogen-bond acceptors (Lipinski definition) is 5. The van der Waals surface area contributed by atoms with Gasteiger partial charge in [0.2, 0.25) is 11.8 Å². The number of fused-ring (bicyclic) bond motifs is 1. The van der Waals surface area contributed by atoms with Gasteiger partial charge in [0.1, 0.15) is 12.1 Å². The third kappa shape index (κ3) is 3.70. The van der Waals surface area contributed by atoms with Crippen molar-refractivity contribution in [2.45, 2.75) is 18.2 Å². The highest BCUT2D eigenvalue weighted by atomic mass is 32.2. The minimum atomic E-state index is -4.16. The minimum absolute atomic E-state index is 0.0846. The van der Waals surface area contributed by atoms with Gasteiger partial charge in [-0.05, 0) is 37.3 Å². The van der Waals surface area contributed by atoms with Gasteiger partial charge in [-0.3, -0.25) is 23.8 Å². The summed E-state index contributed by atoms with van der Waals surface area (Å²) >= 11 is 0. The highest BCUT2D eigenvalue weighted by molar-refractivity contribution is 7.92. The molecule has 2 aromatic carbocycles. The van der Waals surface area contributed by atoms with Gasteiger partial charge in [0.15, 0.2) is 0 Å². The van der Waals surface area contributed by atoms with Gasteiger partial charge in [-0.1, -0.05) is 18.2 Å². The van der Waals surface area contributed by atoms with Gasteiger partial charge in [0, 0.05) is 7.05 Å². The van der Waals surface area contributed by atoms with Crippen LogP contribution in [0.15, 0.2) is 58.2 Å². The average Bonchev–Trinajstić information content (AvgIpc) is 2.84. The van der Waals surface area contributed by atoms with Crippen LogP contribution >= 0.6 is 0 Å². The van der Waals surface area contributed by atoms with Gasteiger partial charge < -0.3 is 10.6 Å². The first-order valence-corrected chi connectivity index (χ1v) is 10.8. The SMILES string of the molecule is Cc1c(NS(=O)(=O)c2ccc3c(c2)NC(=O)CC(=O)N3)c(=O)n(-c2ccccc2)n1C. The van der Waals surface area contributed by atoms with Gasteiger partial charge in [0.25, 0.3) is 15.6 Å². The van der Waals surface area contributed by atoms with Gasteiger partial charge in [0.05, 0.1) is 27.7 Å². The normalized spacial score (nSPS) is 13.7. The number of para-hydroxylation sites is 1. The maximum absolute atomic E-state index is 13.0. The molecule has 0 bridgehead atoms. The Kier molecular flexibility index (Phi) is 4.90. The highest BCUT2D eigenvalue weighted by Gasteiger charge is 2.25. The lowest BCUT2D eigenvalue weighted by Crippen LogP contribution is -2.23. The molecule has 1 aromatic heterocycles. The molecular weight excluding hydrogens is 422 g/mol. The lowest BCUT2D eigenvalue weighted by molar-refractivity contribution is -0.123. The molecule has 160 valence electrons. The fraction of sp³-hybridized carbons (Fsp3) is 0.150. The van der Waals surface area contributed by atoms with Crippen molar-refractivity contribution in [3.8, 4) is 5.69 Å². The quantitative estimate of drug-likeness (QED) is 0.529. The van der Waals surface area contributed by atoms with E-state index in [0.29, 0.717) is 11.4 Å². The second-order valence-electron chi connectivity index (χ2n) is 7.02. The maximum atomic E-state index is 13.0. The number of rotatable bonds is 4. The number of sulfonamides is 1. The standard InChI is InChI=1S/C20H19N5O5S/c1-12-19(20(28)25(24(12)2)13-6-4-3-5-7-13)23-31(29,30)14-8-9-15-16(10-14)22-18(27)11-17(26)21-15/h3-10,23H,11H2,1-2H3,(H,21,26)(H,22,27). The smallest absolute Gasteiger partial charge is 0.296 e. The number of anilines is 3. The van der Waals surface area contributed by atoms with Crippen LogP contribution in [-0.4, -0.2) is 29.6 Å². The maximum Gasteiger partial charge on any atom is 0.296 e. The predicted molar refractivity (Wildman–Crippen MR) is 115 cm³/mol. The third-order valence-electron chi connectivity index (χ3n) is 4.96. The minimum Gasteiger partial charge on any atom is -0.324 e. The van der Waals surface area contributed by atoms with E-state index in [9.17, 15) is 22.8 Å². The Morgan fingerprint density at radius 1 is 0.935 bits per heavy atom. The average molecular weight is 441 g/mol. The Morgan fingerprint density at radius 3 is 2.26 bits per heavy atom. The van der Waals surface area contributed by atoms with Crippen molar-refractivity contribution in [2.24, 2.45) is 7.05 Å². The Balaban J connectivity index is 1.73. The van der Waals surface area contributed by atoms with E-state index in [1.54, 1.807) is 42.9 Å². The lowest BCUT2D eigenvalue weighted by Gasteiger charge is -2.11. The van der Waals surface area contributed by atoms with Crippen molar-refractivity contribution in [3.05, 3.63) is 64.6 Å². The number of nitrogens with zero attached hydrogens (tertiary/aromatic N) is 2. The van der Waals surface area contributed by atoms with Crippen molar-refractivity contribution in [3.63, 3.8) is 0 Å². The second kappa shape index (κ2) is 7.43. The second-order valence-corrected chi connectivity index (χ2v) is 8.70. The molecule has 2 heterocycles. The first kappa shape index (κ1) is 20.4. The van der Waals surface area contributed by atoms with Crippen LogP contribution in [0.3, 0.4) is 0 Å². The zero-order valence-electron chi connectivity index (χ0n) is 16.7. The van der Waals surface area contributed by atoms with Crippen molar-refractivity contribution in [1.29, 1.82) is 0 Å². The molecule has 0 spiro atoms. The summed E-state index contributed by atoms with van der Waals surface area (Å²) in [5, 5.41) is 5.04. The molecule has 0 atom stereocenters. The number of carbonyl (C=O) groups is 2. The van der Waals surface area contributed by atoms with Crippen molar-refractivity contribution < 1.29 is 18.0 Å². The lowest BCUT2D eigenvalue weighted by atomic mass is 10.2. The van der Waals surface area contributed by atoms with Crippen molar-refractivity contribution in [2.75, 3.05) is 15.4 Å². The Hall–Kier alpha value is -3.86. The zero-order chi connectivity index (χ0) is 22.3. The van der Waals surface area contributed by atoms with E-state index < -0.39 is 27.4 Å². The van der Waals surface area contributed by atoms with Crippen LogP contribution in [0, 0.1) is 6.92 Å². The molecule has 0 saturated heterocycles. The Morgan fingerprint density at radius 2 is 1.58 bits per heavy atom. The molecule has 1 aliphatic rings. The molecule has 31 heavy (non-hydrogen) atoms. The van der Waals surface area contributed by atoms with Crippen LogP contribution < -0.4 is 20.9 Å². The summed E-state index contributed by atoms with van der Waals surface area (Å²) in [6, 6.07) is 12.7. The van der Waals surface area contributed by atoms with E-state index in [1.165, 1.54) is 22.9 Å². The van der Waals surface area contributed by atoms with Crippen LogP contribution in [0.5, 0.6) is 0 Å². The van der Waals surface area contributed by atoms with Crippen molar-refractivity contribution in [1.82, 2.24) is 9.36 Å². The summed E-state index contributed by atoms with van der Waals surface area (Å²) in [5.41, 5.74) is 0.853. The predicted octanol–water partition coefficient (Wildman–Crippen LogP) is 1.57. The van der Waals surface area contributed by atoms with E-state index in [4.69, 9.17) is 0 Å². The van der Waals surface area contributed by atoms with E-state index in [2.05, 4.69) is 15.4 Å². The number of carbonyl (C=O) groups excluding carboxylic acids is 2. The molecule has 3 N–H and O–H groups in total. The fourth-order valence-corrected chi connectivity index (χ4v) is 4.46. The molecule has 2 amide bonds. The topological polar surface area (TPSA) is 131 Å². The Labute approximate surface area is 177 Å². The summed E-state index contributed by atoms with van der Waals surface area (Å²) < 4.78 is 31.3. The molecule has 10 nitrogen and oxygen atoms in total. The molecule has 11 heteroatoms. The fourth-order valence-electron chi connectivity index (χ4n) is 3.32. The summed E-state index contributed by atoms with van der Waals surface area (Å²) in [6.45, 7) is 1.63. The first-order chi connectivity index (χ1) is 14.7. The number of benzene rings is 2. The molecule has 0 aliphatic carbocycles. The Bertz CT molecular complexity index is 1370. The highest BCUT2D eigenvalue weighted by Crippen LogP contribution is 2.29. The molecule has 0 unspecified atom stereocenters. The monoisotopic (exact) mass is 441 g/mol. The number of nitrogens with one attached hydrogen (secondary N) is 3. The largest absolute Gasteiger partial charge is 0.324 e. The molecule has 0 saturated carbocycles. The van der Waals surface area contributed by atoms with Gasteiger partial charge in [-0.2, -0.15) is 0 Å². The third-order valence-corrected chi connectivity index (χ3v) is 6.31. The molecule has 0 radical (unpaired) electrons. The number of amides is 2. The molecular formula is C20H19N5O5S. The van der Waals surface area contributed by atoms with Crippen LogP contribution in [-0.2, 0) is 26.7 Å². The van der Waals surface area contributed by atoms with Gasteiger partial charge >= 0.3 is 0 Å². The summed E-state index contributed by atoms with van der Waals surface area (Å²) in [5.74, 6) is -1.05. The van der Waals surface area contributed by atoms with Crippen LogP contribution in [0.1, 0.15) is 12.1 Å². The zero-order valence-corrected chi connectivity index (χ0v) is 17.5. The van der Waals surface area contributed by atoms with Crippen molar-refractivity contribution >= 4 is 38.9 Å². The molecule has 4 rings (SSSR count).